The fraction of sp³-hybridized carbons (Fsp3) is 0.300. The number of piperazine rings is 1. The largest absolute Gasteiger partial charge is 0.473 e. The van der Waals surface area contributed by atoms with Gasteiger partial charge >= 0.3 is 11.9 Å². The first kappa shape index (κ1) is 22.9. The number of aliphatic carboxylic acids is 2. The van der Waals surface area contributed by atoms with E-state index in [4.69, 9.17) is 19.8 Å². The lowest BCUT2D eigenvalue weighted by Gasteiger charge is -2.34. The molecule has 0 radical (unpaired) electrons. The summed E-state index contributed by atoms with van der Waals surface area (Å²) in [6.07, 6.45) is 0. The van der Waals surface area contributed by atoms with E-state index in [-0.39, 0.29) is 16.4 Å². The summed E-state index contributed by atoms with van der Waals surface area (Å²) in [5.41, 5.74) is 2.09. The molecule has 0 amide bonds. The number of rotatable bonds is 5. The second kappa shape index (κ2) is 11.0. The normalized spacial score (nSPS) is 14.4. The number of carboxylic acid groups (broad SMARTS) is 2. The van der Waals surface area contributed by atoms with Gasteiger partial charge in [0.2, 0.25) is 0 Å². The highest BCUT2D eigenvalue weighted by molar-refractivity contribution is 6.27. The summed E-state index contributed by atoms with van der Waals surface area (Å²) in [5, 5.41) is 25.6. The molecule has 0 aliphatic carbocycles. The first-order chi connectivity index (χ1) is 14.2. The van der Waals surface area contributed by atoms with Crippen LogP contribution in [0.3, 0.4) is 0 Å². The van der Waals surface area contributed by atoms with Crippen molar-refractivity contribution >= 4 is 17.6 Å². The van der Waals surface area contributed by atoms with Crippen molar-refractivity contribution in [2.24, 2.45) is 0 Å². The van der Waals surface area contributed by atoms with Gasteiger partial charge in [0.1, 0.15) is 5.82 Å². The van der Waals surface area contributed by atoms with Crippen LogP contribution in [-0.2, 0) is 22.7 Å². The predicted octanol–water partition coefficient (Wildman–Crippen LogP) is 2.21. The third-order valence-electron chi connectivity index (χ3n) is 4.47. The van der Waals surface area contributed by atoms with Gasteiger partial charge in [0.25, 0.3) is 5.69 Å². The molecule has 0 unspecified atom stereocenters. The lowest BCUT2D eigenvalue weighted by Crippen LogP contribution is -2.45. The van der Waals surface area contributed by atoms with E-state index in [0.717, 1.165) is 50.4 Å². The molecule has 9 nitrogen and oxygen atoms in total. The highest BCUT2D eigenvalue weighted by atomic mass is 19.1. The molecule has 0 atom stereocenters. The highest BCUT2D eigenvalue weighted by Crippen LogP contribution is 2.16. The average Bonchev–Trinajstić information content (AvgIpc) is 2.70. The number of hydrogen-bond acceptors (Lipinski definition) is 6. The Labute approximate surface area is 172 Å². The Balaban J connectivity index is 0.000000469. The summed E-state index contributed by atoms with van der Waals surface area (Å²) < 4.78 is 13.2. The van der Waals surface area contributed by atoms with Crippen LogP contribution >= 0.6 is 0 Å². The van der Waals surface area contributed by atoms with Gasteiger partial charge in [-0.05, 0) is 23.3 Å². The second-order valence-electron chi connectivity index (χ2n) is 6.72. The molecular weight excluding hydrogens is 397 g/mol. The first-order valence-corrected chi connectivity index (χ1v) is 9.13. The average molecular weight is 419 g/mol. The van der Waals surface area contributed by atoms with Crippen molar-refractivity contribution < 1.29 is 29.1 Å². The van der Waals surface area contributed by atoms with Crippen molar-refractivity contribution in [3.63, 3.8) is 0 Å². The second-order valence-corrected chi connectivity index (χ2v) is 6.72. The molecule has 2 aromatic carbocycles. The summed E-state index contributed by atoms with van der Waals surface area (Å²) in [6.45, 7) is 5.09. The van der Waals surface area contributed by atoms with Crippen molar-refractivity contribution in [3.05, 3.63) is 75.6 Å². The van der Waals surface area contributed by atoms with Gasteiger partial charge in [-0.15, -0.1) is 0 Å². The molecule has 3 rings (SSSR count). The highest BCUT2D eigenvalue weighted by Gasteiger charge is 2.18. The third kappa shape index (κ3) is 7.57. The summed E-state index contributed by atoms with van der Waals surface area (Å²) in [6, 6.07) is 13.5. The molecule has 10 heteroatoms. The summed E-state index contributed by atoms with van der Waals surface area (Å²) >= 11 is 0. The van der Waals surface area contributed by atoms with Gasteiger partial charge in [-0.25, -0.2) is 14.0 Å². The molecule has 2 N–H and O–H groups in total. The van der Waals surface area contributed by atoms with Crippen LogP contribution in [0.25, 0.3) is 0 Å². The smallest absolute Gasteiger partial charge is 0.414 e. The van der Waals surface area contributed by atoms with Crippen LogP contribution in [0.2, 0.25) is 0 Å². The molecule has 1 heterocycles. The standard InChI is InChI=1S/C18H20FN3O2.C2H2O4/c19-17-5-1-3-15(11-17)13-20-7-9-21(10-8-20)14-16-4-2-6-18(12-16)22(23)24;3-1(4)2(5)6/h1-6,11-12H,7-10,13-14H2;(H,3,4)(H,5,6). The Kier molecular flexibility index (Phi) is 8.39. The van der Waals surface area contributed by atoms with Gasteiger partial charge in [0, 0.05) is 51.4 Å². The van der Waals surface area contributed by atoms with Crippen molar-refractivity contribution in [1.29, 1.82) is 0 Å². The van der Waals surface area contributed by atoms with E-state index in [9.17, 15) is 14.5 Å². The Morgan fingerprint density at radius 3 is 1.80 bits per heavy atom. The van der Waals surface area contributed by atoms with Crippen LogP contribution in [0.5, 0.6) is 0 Å². The molecule has 0 spiro atoms. The zero-order valence-electron chi connectivity index (χ0n) is 16.1. The monoisotopic (exact) mass is 419 g/mol. The minimum atomic E-state index is -1.82. The van der Waals surface area contributed by atoms with Crippen LogP contribution in [0.1, 0.15) is 11.1 Å². The number of carboxylic acids is 2. The minimum absolute atomic E-state index is 0.136. The van der Waals surface area contributed by atoms with Crippen molar-refractivity contribution in [2.45, 2.75) is 13.1 Å². The Hall–Kier alpha value is -3.37. The predicted molar refractivity (Wildman–Crippen MR) is 105 cm³/mol. The third-order valence-corrected chi connectivity index (χ3v) is 4.47. The molecule has 160 valence electrons. The maximum atomic E-state index is 13.2. The van der Waals surface area contributed by atoms with E-state index >= 15 is 0 Å². The van der Waals surface area contributed by atoms with Crippen molar-refractivity contribution in [1.82, 2.24) is 9.80 Å². The van der Waals surface area contributed by atoms with Gasteiger partial charge in [0.15, 0.2) is 0 Å². The first-order valence-electron chi connectivity index (χ1n) is 9.13. The number of nitrogens with zero attached hydrogens (tertiary/aromatic N) is 3. The summed E-state index contributed by atoms with van der Waals surface area (Å²) in [5.74, 6) is -3.85. The molecule has 0 aromatic heterocycles. The van der Waals surface area contributed by atoms with Crippen LogP contribution in [0.15, 0.2) is 48.5 Å². The molecule has 2 aromatic rings. The zero-order chi connectivity index (χ0) is 22.1. The molecule has 0 bridgehead atoms. The number of halogens is 1. The number of carbonyl (C=O) groups is 2. The number of benzene rings is 2. The lowest BCUT2D eigenvalue weighted by molar-refractivity contribution is -0.384. The Bertz CT molecular complexity index is 888. The number of non-ortho nitro benzene ring substituents is 1. The van der Waals surface area contributed by atoms with Gasteiger partial charge in [0.05, 0.1) is 4.92 Å². The van der Waals surface area contributed by atoms with Gasteiger partial charge in [-0.1, -0.05) is 24.3 Å². The topological polar surface area (TPSA) is 124 Å². The molecule has 1 saturated heterocycles. The van der Waals surface area contributed by atoms with Crippen molar-refractivity contribution in [3.8, 4) is 0 Å². The molecule has 1 aliphatic rings. The van der Waals surface area contributed by atoms with Gasteiger partial charge < -0.3 is 10.2 Å². The van der Waals surface area contributed by atoms with E-state index in [1.807, 2.05) is 12.1 Å². The quantitative estimate of drug-likeness (QED) is 0.429. The zero-order valence-corrected chi connectivity index (χ0v) is 16.1. The lowest BCUT2D eigenvalue weighted by atomic mass is 10.1. The molecule has 1 aliphatic heterocycles. The van der Waals surface area contributed by atoms with Gasteiger partial charge in [-0.2, -0.15) is 0 Å². The number of hydrogen-bond donors (Lipinski definition) is 2. The summed E-state index contributed by atoms with van der Waals surface area (Å²) in [4.78, 5) is 33.3. The van der Waals surface area contributed by atoms with E-state index in [2.05, 4.69) is 9.80 Å². The molecule has 0 saturated carbocycles. The van der Waals surface area contributed by atoms with E-state index in [0.29, 0.717) is 0 Å². The number of nitro benzene ring substituents is 1. The van der Waals surface area contributed by atoms with Crippen LogP contribution in [-0.4, -0.2) is 63.1 Å². The summed E-state index contributed by atoms with van der Waals surface area (Å²) in [7, 11) is 0. The molecule has 30 heavy (non-hydrogen) atoms. The molecular formula is C20H22FN3O6. The van der Waals surface area contributed by atoms with E-state index < -0.39 is 11.9 Å². The SMILES string of the molecule is O=C(O)C(=O)O.O=[N+]([O-])c1cccc(CN2CCN(Cc3cccc(F)c3)CC2)c1. The van der Waals surface area contributed by atoms with E-state index in [1.165, 1.54) is 12.1 Å². The fourth-order valence-electron chi connectivity index (χ4n) is 3.03. The van der Waals surface area contributed by atoms with Crippen LogP contribution < -0.4 is 0 Å². The number of nitro groups is 1. The fourth-order valence-corrected chi connectivity index (χ4v) is 3.03. The maximum Gasteiger partial charge on any atom is 0.414 e. The minimum Gasteiger partial charge on any atom is -0.473 e. The Morgan fingerprint density at radius 2 is 1.37 bits per heavy atom. The molecule has 1 fully saturated rings. The Morgan fingerprint density at radius 1 is 0.900 bits per heavy atom. The van der Waals surface area contributed by atoms with Crippen LogP contribution in [0.4, 0.5) is 10.1 Å². The van der Waals surface area contributed by atoms with Crippen LogP contribution in [0, 0.1) is 15.9 Å². The maximum absolute atomic E-state index is 13.2. The van der Waals surface area contributed by atoms with E-state index in [1.54, 1.807) is 24.3 Å². The van der Waals surface area contributed by atoms with Crippen molar-refractivity contribution in [2.75, 3.05) is 26.2 Å². The van der Waals surface area contributed by atoms with Gasteiger partial charge in [-0.3, -0.25) is 19.9 Å².